The number of hydrogen-bond acceptors (Lipinski definition) is 5. The van der Waals surface area contributed by atoms with Crippen LogP contribution in [0.25, 0.3) is 0 Å². The van der Waals surface area contributed by atoms with E-state index in [4.69, 9.17) is 0 Å². The quantitative estimate of drug-likeness (QED) is 0.640. The van der Waals surface area contributed by atoms with Crippen molar-refractivity contribution in [2.24, 2.45) is 0 Å². The Morgan fingerprint density at radius 2 is 1.75 bits per heavy atom. The number of nitrogens with zero attached hydrogens (tertiary/aromatic N) is 3. The van der Waals surface area contributed by atoms with Crippen LogP contribution in [0, 0.1) is 0 Å². The van der Waals surface area contributed by atoms with Gasteiger partial charge in [-0.1, -0.05) is 18.2 Å². The van der Waals surface area contributed by atoms with Crippen molar-refractivity contribution in [2.75, 3.05) is 39.3 Å². The average Bonchev–Trinajstić information content (AvgIpc) is 3.41. The van der Waals surface area contributed by atoms with Crippen molar-refractivity contribution >= 4 is 34.9 Å². The summed E-state index contributed by atoms with van der Waals surface area (Å²) in [6.07, 6.45) is -4.38. The van der Waals surface area contributed by atoms with E-state index >= 15 is 0 Å². The fraction of sp³-hybridized carbons (Fsp3) is 0.455. The molecule has 5 nitrogen and oxygen atoms in total. The fourth-order valence-electron chi connectivity index (χ4n) is 3.98. The first kappa shape index (κ1) is 23.1. The predicted octanol–water partition coefficient (Wildman–Crippen LogP) is 4.19. The number of piperazine rings is 1. The van der Waals surface area contributed by atoms with Crippen molar-refractivity contribution in [1.82, 2.24) is 14.7 Å². The number of hydrogen-bond donors (Lipinski definition) is 0. The SMILES string of the molecule is CC1SC(c2ccc(C(F)(F)F)cc2)N(CCN2CCN(C(=O)c3cccs3)CC2)C1=O. The normalized spacial score (nSPS) is 22.6. The Morgan fingerprint density at radius 3 is 2.34 bits per heavy atom. The molecule has 2 atom stereocenters. The highest BCUT2D eigenvalue weighted by atomic mass is 32.2. The van der Waals surface area contributed by atoms with Gasteiger partial charge in [-0.3, -0.25) is 14.5 Å². The molecule has 4 rings (SSSR count). The molecule has 0 spiro atoms. The molecule has 2 saturated heterocycles. The summed E-state index contributed by atoms with van der Waals surface area (Å²) in [5.41, 5.74) is 0.0113. The Morgan fingerprint density at radius 1 is 1.06 bits per heavy atom. The van der Waals surface area contributed by atoms with Gasteiger partial charge in [-0.25, -0.2) is 0 Å². The molecule has 2 unspecified atom stereocenters. The second-order valence-electron chi connectivity index (χ2n) is 7.89. The van der Waals surface area contributed by atoms with Gasteiger partial charge in [0.25, 0.3) is 5.91 Å². The molecule has 3 heterocycles. The maximum atomic E-state index is 12.9. The van der Waals surface area contributed by atoms with Gasteiger partial charge >= 0.3 is 6.18 Å². The number of thiophene rings is 1. The van der Waals surface area contributed by atoms with E-state index in [0.29, 0.717) is 31.7 Å². The van der Waals surface area contributed by atoms with E-state index < -0.39 is 11.7 Å². The molecule has 2 fully saturated rings. The Balaban J connectivity index is 1.34. The number of carbonyl (C=O) groups excluding carboxylic acids is 2. The molecular formula is C22H24F3N3O2S2. The number of thioether (sulfide) groups is 1. The smallest absolute Gasteiger partial charge is 0.335 e. The van der Waals surface area contributed by atoms with Gasteiger partial charge in [0.1, 0.15) is 5.37 Å². The summed E-state index contributed by atoms with van der Waals surface area (Å²) in [5, 5.41) is 1.37. The first-order valence-corrected chi connectivity index (χ1v) is 12.2. The highest BCUT2D eigenvalue weighted by Crippen LogP contribution is 2.43. The molecule has 2 aromatic rings. The van der Waals surface area contributed by atoms with Crippen LogP contribution in [0.15, 0.2) is 41.8 Å². The largest absolute Gasteiger partial charge is 0.416 e. The van der Waals surface area contributed by atoms with Crippen LogP contribution in [0.2, 0.25) is 0 Å². The van der Waals surface area contributed by atoms with Crippen molar-refractivity contribution in [3.8, 4) is 0 Å². The predicted molar refractivity (Wildman–Crippen MR) is 120 cm³/mol. The van der Waals surface area contributed by atoms with Crippen molar-refractivity contribution in [1.29, 1.82) is 0 Å². The van der Waals surface area contributed by atoms with Crippen LogP contribution >= 0.6 is 23.1 Å². The van der Waals surface area contributed by atoms with Gasteiger partial charge in [-0.2, -0.15) is 13.2 Å². The van der Waals surface area contributed by atoms with Crippen molar-refractivity contribution in [3.63, 3.8) is 0 Å². The van der Waals surface area contributed by atoms with E-state index in [-0.39, 0.29) is 22.4 Å². The summed E-state index contributed by atoms with van der Waals surface area (Å²) >= 11 is 2.90. The summed E-state index contributed by atoms with van der Waals surface area (Å²) in [6.45, 7) is 5.73. The molecule has 0 saturated carbocycles. The lowest BCUT2D eigenvalue weighted by Gasteiger charge is -2.36. The zero-order valence-corrected chi connectivity index (χ0v) is 19.2. The second kappa shape index (κ2) is 9.44. The van der Waals surface area contributed by atoms with E-state index in [9.17, 15) is 22.8 Å². The fourth-order valence-corrected chi connectivity index (χ4v) is 5.98. The minimum Gasteiger partial charge on any atom is -0.335 e. The summed E-state index contributed by atoms with van der Waals surface area (Å²) in [5.74, 6) is 0.0633. The van der Waals surface area contributed by atoms with E-state index in [1.54, 1.807) is 4.90 Å². The van der Waals surface area contributed by atoms with Gasteiger partial charge in [0.05, 0.1) is 15.7 Å². The Hall–Kier alpha value is -2.04. The lowest BCUT2D eigenvalue weighted by Crippen LogP contribution is -2.50. The third kappa shape index (κ3) is 4.97. The third-order valence-electron chi connectivity index (χ3n) is 5.82. The van der Waals surface area contributed by atoms with E-state index in [1.165, 1.54) is 35.2 Å². The summed E-state index contributed by atoms with van der Waals surface area (Å²) in [4.78, 5) is 31.8. The summed E-state index contributed by atoms with van der Waals surface area (Å²) < 4.78 is 38.6. The minimum atomic E-state index is -4.38. The van der Waals surface area contributed by atoms with E-state index in [2.05, 4.69) is 4.90 Å². The van der Waals surface area contributed by atoms with Gasteiger partial charge in [0, 0.05) is 39.3 Å². The van der Waals surface area contributed by atoms with Crippen molar-refractivity contribution in [2.45, 2.75) is 23.7 Å². The standard InChI is InChI=1S/C22H24F3N3O2S2/c1-15-19(29)28(21(32-15)16-4-6-17(7-5-16)22(23,24)25)13-10-26-8-11-27(12-9-26)20(30)18-3-2-14-31-18/h2-7,14-15,21H,8-13H2,1H3. The molecule has 172 valence electrons. The average molecular weight is 484 g/mol. The molecule has 10 heteroatoms. The first-order chi connectivity index (χ1) is 15.2. The van der Waals surface area contributed by atoms with Crippen LogP contribution in [0.5, 0.6) is 0 Å². The molecule has 0 radical (unpaired) electrons. The molecule has 2 amide bonds. The van der Waals surface area contributed by atoms with Crippen molar-refractivity contribution < 1.29 is 22.8 Å². The molecule has 32 heavy (non-hydrogen) atoms. The molecule has 1 aromatic carbocycles. The monoisotopic (exact) mass is 483 g/mol. The van der Waals surface area contributed by atoms with Gasteiger partial charge < -0.3 is 9.80 Å². The summed E-state index contributed by atoms with van der Waals surface area (Å²) in [6, 6.07) is 8.78. The highest BCUT2D eigenvalue weighted by molar-refractivity contribution is 8.01. The first-order valence-electron chi connectivity index (χ1n) is 10.4. The Kier molecular flexibility index (Phi) is 6.83. The number of halogens is 3. The molecule has 1 aromatic heterocycles. The van der Waals surface area contributed by atoms with Crippen LogP contribution in [-0.4, -0.2) is 71.0 Å². The number of benzene rings is 1. The van der Waals surface area contributed by atoms with Crippen LogP contribution in [0.1, 0.15) is 33.1 Å². The van der Waals surface area contributed by atoms with Crippen LogP contribution in [0.4, 0.5) is 13.2 Å². The van der Waals surface area contributed by atoms with Gasteiger partial charge in [-0.05, 0) is 36.1 Å². The number of amides is 2. The zero-order valence-electron chi connectivity index (χ0n) is 17.5. The lowest BCUT2D eigenvalue weighted by molar-refractivity contribution is -0.137. The van der Waals surface area contributed by atoms with Crippen molar-refractivity contribution in [3.05, 3.63) is 57.8 Å². The van der Waals surface area contributed by atoms with Gasteiger partial charge in [0.2, 0.25) is 5.91 Å². The number of carbonyl (C=O) groups is 2. The Bertz CT molecular complexity index is 942. The minimum absolute atomic E-state index is 0.00593. The highest BCUT2D eigenvalue weighted by Gasteiger charge is 2.39. The maximum Gasteiger partial charge on any atom is 0.416 e. The topological polar surface area (TPSA) is 43.9 Å². The van der Waals surface area contributed by atoms with Crippen LogP contribution < -0.4 is 0 Å². The van der Waals surface area contributed by atoms with E-state index in [1.807, 2.05) is 29.3 Å². The summed E-state index contributed by atoms with van der Waals surface area (Å²) in [7, 11) is 0. The Labute approximate surface area is 193 Å². The van der Waals surface area contributed by atoms with Gasteiger partial charge in [-0.15, -0.1) is 23.1 Å². The molecular weight excluding hydrogens is 459 g/mol. The molecule has 2 aliphatic heterocycles. The maximum absolute atomic E-state index is 12.9. The molecule has 0 bridgehead atoms. The molecule has 0 N–H and O–H groups in total. The number of rotatable bonds is 5. The van der Waals surface area contributed by atoms with Crippen LogP contribution in [0.3, 0.4) is 0 Å². The lowest BCUT2D eigenvalue weighted by atomic mass is 10.1. The van der Waals surface area contributed by atoms with Crippen LogP contribution in [-0.2, 0) is 11.0 Å². The second-order valence-corrected chi connectivity index (χ2v) is 10.3. The molecule has 0 aliphatic carbocycles. The van der Waals surface area contributed by atoms with E-state index in [0.717, 1.165) is 30.1 Å². The third-order valence-corrected chi connectivity index (χ3v) is 8.07. The zero-order chi connectivity index (χ0) is 22.9. The molecule has 2 aliphatic rings. The van der Waals surface area contributed by atoms with Gasteiger partial charge in [0.15, 0.2) is 0 Å². The number of alkyl halides is 3.